The van der Waals surface area contributed by atoms with Crippen LogP contribution in [0.25, 0.3) is 0 Å². The Morgan fingerprint density at radius 2 is 2.05 bits per heavy atom. The van der Waals surface area contributed by atoms with E-state index in [0.29, 0.717) is 23.8 Å². The Balaban J connectivity index is 1.76. The van der Waals surface area contributed by atoms with Crippen LogP contribution < -0.4 is 5.32 Å². The maximum absolute atomic E-state index is 12.0. The number of anilines is 1. The summed E-state index contributed by atoms with van der Waals surface area (Å²) in [6.07, 6.45) is 8.16. The lowest BCUT2D eigenvalue weighted by Gasteiger charge is -2.20. The summed E-state index contributed by atoms with van der Waals surface area (Å²) < 4.78 is 0. The molecule has 6 heteroatoms. The van der Waals surface area contributed by atoms with Crippen molar-refractivity contribution in [3.63, 3.8) is 0 Å². The van der Waals surface area contributed by atoms with Gasteiger partial charge in [0.1, 0.15) is 17.2 Å². The summed E-state index contributed by atoms with van der Waals surface area (Å²) >= 11 is 5.93. The molecule has 1 amide bonds. The molecule has 19 heavy (non-hydrogen) atoms. The third kappa shape index (κ3) is 4.35. The average Bonchev–Trinajstić information content (AvgIpc) is 2.70. The number of hydrogen-bond acceptors (Lipinski definition) is 4. The number of rotatable bonds is 4. The maximum atomic E-state index is 12.0. The van der Waals surface area contributed by atoms with Gasteiger partial charge >= 0.3 is 0 Å². The molecule has 1 aliphatic rings. The lowest BCUT2D eigenvalue weighted by Crippen LogP contribution is -2.32. The van der Waals surface area contributed by atoms with Crippen molar-refractivity contribution in [3.8, 4) is 0 Å². The number of carbonyl (C=O) groups is 1. The SMILES string of the molecule is O=C(CCNc1ncncc1Cl)N1CCCCCC1. The van der Waals surface area contributed by atoms with E-state index in [1.807, 2.05) is 4.90 Å². The third-order valence-corrected chi connectivity index (χ3v) is 3.53. The van der Waals surface area contributed by atoms with Gasteiger partial charge in [-0.3, -0.25) is 4.79 Å². The van der Waals surface area contributed by atoms with Crippen LogP contribution in [0.4, 0.5) is 5.82 Å². The van der Waals surface area contributed by atoms with Crippen LogP contribution in [-0.2, 0) is 4.79 Å². The Morgan fingerprint density at radius 3 is 2.74 bits per heavy atom. The van der Waals surface area contributed by atoms with Gasteiger partial charge in [-0.15, -0.1) is 0 Å². The van der Waals surface area contributed by atoms with E-state index in [9.17, 15) is 4.79 Å². The third-order valence-electron chi connectivity index (χ3n) is 3.26. The number of nitrogens with zero attached hydrogens (tertiary/aromatic N) is 3. The molecule has 0 saturated carbocycles. The summed E-state index contributed by atoms with van der Waals surface area (Å²) in [5.74, 6) is 0.792. The number of hydrogen-bond donors (Lipinski definition) is 1. The van der Waals surface area contributed by atoms with Crippen molar-refractivity contribution in [1.82, 2.24) is 14.9 Å². The summed E-state index contributed by atoms with van der Waals surface area (Å²) in [7, 11) is 0. The summed E-state index contributed by atoms with van der Waals surface area (Å²) in [6, 6.07) is 0. The second-order valence-electron chi connectivity index (χ2n) is 4.69. The monoisotopic (exact) mass is 282 g/mol. The summed E-state index contributed by atoms with van der Waals surface area (Å²) in [5, 5.41) is 3.54. The summed E-state index contributed by atoms with van der Waals surface area (Å²) in [4.78, 5) is 21.9. The molecular formula is C13H19ClN4O. The number of amides is 1. The zero-order valence-electron chi connectivity index (χ0n) is 10.9. The Hall–Kier alpha value is -1.36. The zero-order chi connectivity index (χ0) is 13.5. The van der Waals surface area contributed by atoms with Crippen LogP contribution >= 0.6 is 11.6 Å². The van der Waals surface area contributed by atoms with Crippen molar-refractivity contribution in [2.75, 3.05) is 25.0 Å². The molecule has 0 aromatic carbocycles. The summed E-state index contributed by atoms with van der Waals surface area (Å²) in [5.41, 5.74) is 0. The Bertz CT molecular complexity index is 419. The quantitative estimate of drug-likeness (QED) is 0.921. The minimum atomic E-state index is 0.208. The lowest BCUT2D eigenvalue weighted by atomic mass is 10.2. The molecule has 2 rings (SSSR count). The number of halogens is 1. The van der Waals surface area contributed by atoms with Gasteiger partial charge in [0.2, 0.25) is 5.91 Å². The van der Waals surface area contributed by atoms with E-state index >= 15 is 0 Å². The Kier molecular flexibility index (Phi) is 5.39. The number of nitrogens with one attached hydrogen (secondary N) is 1. The first-order valence-corrected chi connectivity index (χ1v) is 7.12. The van der Waals surface area contributed by atoms with Gasteiger partial charge in [0.25, 0.3) is 0 Å². The fourth-order valence-electron chi connectivity index (χ4n) is 2.21. The molecule has 0 bridgehead atoms. The second-order valence-corrected chi connectivity index (χ2v) is 5.10. The molecule has 0 spiro atoms. The number of likely N-dealkylation sites (tertiary alicyclic amines) is 1. The molecule has 0 unspecified atom stereocenters. The van der Waals surface area contributed by atoms with Gasteiger partial charge < -0.3 is 10.2 Å². The van der Waals surface area contributed by atoms with Crippen LogP contribution in [0, 0.1) is 0 Å². The van der Waals surface area contributed by atoms with E-state index in [2.05, 4.69) is 15.3 Å². The number of carbonyl (C=O) groups excluding carboxylic acids is 1. The predicted molar refractivity (Wildman–Crippen MR) is 75.2 cm³/mol. The van der Waals surface area contributed by atoms with Crippen LogP contribution in [0.3, 0.4) is 0 Å². The van der Waals surface area contributed by atoms with Crippen molar-refractivity contribution >= 4 is 23.3 Å². The van der Waals surface area contributed by atoms with Crippen LogP contribution in [0.5, 0.6) is 0 Å². The van der Waals surface area contributed by atoms with Crippen LogP contribution in [0.1, 0.15) is 32.1 Å². The highest BCUT2D eigenvalue weighted by atomic mass is 35.5. The molecule has 1 saturated heterocycles. The van der Waals surface area contributed by atoms with Crippen LogP contribution in [0.2, 0.25) is 5.02 Å². The van der Waals surface area contributed by atoms with E-state index in [1.165, 1.54) is 25.4 Å². The molecular weight excluding hydrogens is 264 g/mol. The van der Waals surface area contributed by atoms with Gasteiger partial charge in [-0.25, -0.2) is 9.97 Å². The standard InChI is InChI=1S/C13H19ClN4O/c14-11-9-15-10-17-13(11)16-6-5-12(19)18-7-3-1-2-4-8-18/h9-10H,1-8H2,(H,15,16,17). The average molecular weight is 283 g/mol. The van der Waals surface area contributed by atoms with E-state index in [1.54, 1.807) is 0 Å². The fraction of sp³-hybridized carbons (Fsp3) is 0.615. The molecule has 1 aliphatic heterocycles. The van der Waals surface area contributed by atoms with Crippen molar-refractivity contribution < 1.29 is 4.79 Å². The molecule has 0 aliphatic carbocycles. The molecule has 1 fully saturated rings. The number of aromatic nitrogens is 2. The van der Waals surface area contributed by atoms with Gasteiger partial charge in [0.15, 0.2) is 0 Å². The molecule has 5 nitrogen and oxygen atoms in total. The first kappa shape index (κ1) is 14.1. The van der Waals surface area contributed by atoms with E-state index in [4.69, 9.17) is 11.6 Å². The Labute approximate surface area is 118 Å². The van der Waals surface area contributed by atoms with Crippen LogP contribution in [-0.4, -0.2) is 40.4 Å². The van der Waals surface area contributed by atoms with Crippen molar-refractivity contribution in [2.24, 2.45) is 0 Å². The van der Waals surface area contributed by atoms with Gasteiger partial charge in [0, 0.05) is 26.1 Å². The van der Waals surface area contributed by atoms with Gasteiger partial charge in [-0.2, -0.15) is 0 Å². The zero-order valence-corrected chi connectivity index (χ0v) is 11.7. The van der Waals surface area contributed by atoms with E-state index < -0.39 is 0 Å². The normalized spacial score (nSPS) is 15.9. The first-order chi connectivity index (χ1) is 9.27. The molecule has 0 atom stereocenters. The molecule has 104 valence electrons. The van der Waals surface area contributed by atoms with Gasteiger partial charge in [0.05, 0.1) is 6.20 Å². The highest BCUT2D eigenvalue weighted by Gasteiger charge is 2.14. The van der Waals surface area contributed by atoms with E-state index in [-0.39, 0.29) is 5.91 Å². The highest BCUT2D eigenvalue weighted by molar-refractivity contribution is 6.32. The minimum absolute atomic E-state index is 0.208. The van der Waals surface area contributed by atoms with Crippen LogP contribution in [0.15, 0.2) is 12.5 Å². The molecule has 2 heterocycles. The predicted octanol–water partition coefficient (Wildman–Crippen LogP) is 2.33. The Morgan fingerprint density at radius 1 is 1.32 bits per heavy atom. The highest BCUT2D eigenvalue weighted by Crippen LogP contribution is 2.16. The summed E-state index contributed by atoms with van der Waals surface area (Å²) in [6.45, 7) is 2.34. The van der Waals surface area contributed by atoms with Crippen molar-refractivity contribution in [1.29, 1.82) is 0 Å². The lowest BCUT2D eigenvalue weighted by molar-refractivity contribution is -0.130. The van der Waals surface area contributed by atoms with Gasteiger partial charge in [-0.05, 0) is 12.8 Å². The topological polar surface area (TPSA) is 58.1 Å². The smallest absolute Gasteiger partial charge is 0.224 e. The van der Waals surface area contributed by atoms with Gasteiger partial charge in [-0.1, -0.05) is 24.4 Å². The minimum Gasteiger partial charge on any atom is -0.368 e. The largest absolute Gasteiger partial charge is 0.368 e. The van der Waals surface area contributed by atoms with Crippen molar-refractivity contribution in [3.05, 3.63) is 17.5 Å². The fourth-order valence-corrected chi connectivity index (χ4v) is 2.38. The molecule has 1 N–H and O–H groups in total. The van der Waals surface area contributed by atoms with E-state index in [0.717, 1.165) is 25.9 Å². The molecule has 1 aromatic heterocycles. The van der Waals surface area contributed by atoms with Crippen molar-refractivity contribution in [2.45, 2.75) is 32.1 Å². The molecule has 0 radical (unpaired) electrons. The first-order valence-electron chi connectivity index (χ1n) is 6.74. The maximum Gasteiger partial charge on any atom is 0.224 e. The second kappa shape index (κ2) is 7.28. The molecule has 1 aromatic rings.